The SMILES string of the molecule is CNCc1ccc(F)nc1F. The van der Waals surface area contributed by atoms with Gasteiger partial charge >= 0.3 is 0 Å². The van der Waals surface area contributed by atoms with Crippen LogP contribution in [0.25, 0.3) is 0 Å². The van der Waals surface area contributed by atoms with Crippen LogP contribution >= 0.6 is 0 Å². The van der Waals surface area contributed by atoms with Crippen molar-refractivity contribution in [2.75, 3.05) is 7.05 Å². The molecule has 1 heterocycles. The minimum atomic E-state index is -0.789. The first-order valence-corrected chi connectivity index (χ1v) is 3.19. The lowest BCUT2D eigenvalue weighted by atomic mass is 10.3. The molecule has 0 amide bonds. The fourth-order valence-corrected chi connectivity index (χ4v) is 0.763. The quantitative estimate of drug-likeness (QED) is 0.651. The van der Waals surface area contributed by atoms with Crippen LogP contribution in [0.4, 0.5) is 8.78 Å². The summed E-state index contributed by atoms with van der Waals surface area (Å²) in [6.07, 6.45) is 0. The minimum absolute atomic E-state index is 0.360. The molecule has 60 valence electrons. The van der Waals surface area contributed by atoms with Gasteiger partial charge in [0.25, 0.3) is 0 Å². The molecule has 0 saturated carbocycles. The van der Waals surface area contributed by atoms with Crippen LogP contribution in [0.1, 0.15) is 5.56 Å². The summed E-state index contributed by atoms with van der Waals surface area (Å²) in [6.45, 7) is 0.360. The zero-order chi connectivity index (χ0) is 8.27. The third-order valence-electron chi connectivity index (χ3n) is 1.26. The van der Waals surface area contributed by atoms with Gasteiger partial charge in [-0.15, -0.1) is 0 Å². The highest BCUT2D eigenvalue weighted by molar-refractivity contribution is 5.10. The molecule has 1 rings (SSSR count). The van der Waals surface area contributed by atoms with Gasteiger partial charge in [-0.05, 0) is 19.2 Å². The van der Waals surface area contributed by atoms with E-state index < -0.39 is 11.9 Å². The Balaban J connectivity index is 2.90. The van der Waals surface area contributed by atoms with Gasteiger partial charge in [-0.2, -0.15) is 13.8 Å². The normalized spacial score (nSPS) is 10.1. The van der Waals surface area contributed by atoms with E-state index in [9.17, 15) is 8.78 Å². The number of nitrogens with zero attached hydrogens (tertiary/aromatic N) is 1. The molecule has 2 nitrogen and oxygen atoms in total. The molecule has 1 N–H and O–H groups in total. The molecular formula is C7H8F2N2. The highest BCUT2D eigenvalue weighted by atomic mass is 19.1. The second-order valence-corrected chi connectivity index (χ2v) is 2.11. The van der Waals surface area contributed by atoms with Crippen molar-refractivity contribution in [1.29, 1.82) is 0 Å². The molecule has 0 aliphatic carbocycles. The van der Waals surface area contributed by atoms with Crippen LogP contribution in [-0.4, -0.2) is 12.0 Å². The van der Waals surface area contributed by atoms with Gasteiger partial charge in [-0.3, -0.25) is 0 Å². The Morgan fingerprint density at radius 2 is 2.18 bits per heavy atom. The Bertz CT molecular complexity index is 250. The molecule has 0 atom stereocenters. The Hall–Kier alpha value is -1.03. The maximum atomic E-state index is 12.6. The van der Waals surface area contributed by atoms with Crippen LogP contribution in [-0.2, 0) is 6.54 Å². The molecule has 0 unspecified atom stereocenters. The summed E-state index contributed by atoms with van der Waals surface area (Å²) in [4.78, 5) is 3.02. The number of hydrogen-bond acceptors (Lipinski definition) is 2. The average molecular weight is 158 g/mol. The van der Waals surface area contributed by atoms with Gasteiger partial charge in [0.15, 0.2) is 0 Å². The summed E-state index contributed by atoms with van der Waals surface area (Å²) in [5.74, 6) is -1.54. The number of hydrogen-bond donors (Lipinski definition) is 1. The zero-order valence-electron chi connectivity index (χ0n) is 6.06. The van der Waals surface area contributed by atoms with Gasteiger partial charge in [-0.25, -0.2) is 0 Å². The number of nitrogens with one attached hydrogen (secondary N) is 1. The molecular weight excluding hydrogens is 150 g/mol. The van der Waals surface area contributed by atoms with E-state index in [0.717, 1.165) is 6.07 Å². The van der Waals surface area contributed by atoms with E-state index in [1.165, 1.54) is 6.07 Å². The van der Waals surface area contributed by atoms with Crippen LogP contribution < -0.4 is 5.32 Å². The standard InChI is InChI=1S/C7H8F2N2/c1-10-4-5-2-3-6(8)11-7(5)9/h2-3,10H,4H2,1H3. The molecule has 1 aromatic rings. The number of pyridine rings is 1. The second-order valence-electron chi connectivity index (χ2n) is 2.11. The lowest BCUT2D eigenvalue weighted by Gasteiger charge is -1.99. The first-order valence-electron chi connectivity index (χ1n) is 3.19. The Labute approximate surface area is 63.3 Å². The third-order valence-corrected chi connectivity index (χ3v) is 1.26. The van der Waals surface area contributed by atoms with Crippen molar-refractivity contribution in [3.05, 3.63) is 29.6 Å². The molecule has 0 saturated heterocycles. The van der Waals surface area contributed by atoms with Gasteiger partial charge in [0.05, 0.1) is 0 Å². The molecule has 0 bridgehead atoms. The average Bonchev–Trinajstić information content (AvgIpc) is 1.95. The maximum absolute atomic E-state index is 12.6. The summed E-state index contributed by atoms with van der Waals surface area (Å²) >= 11 is 0. The van der Waals surface area contributed by atoms with Crippen LogP contribution in [0.3, 0.4) is 0 Å². The molecule has 0 radical (unpaired) electrons. The smallest absolute Gasteiger partial charge is 0.220 e. The van der Waals surface area contributed by atoms with E-state index in [0.29, 0.717) is 12.1 Å². The fourth-order valence-electron chi connectivity index (χ4n) is 0.763. The van der Waals surface area contributed by atoms with E-state index in [4.69, 9.17) is 0 Å². The van der Waals surface area contributed by atoms with Crippen molar-refractivity contribution < 1.29 is 8.78 Å². The highest BCUT2D eigenvalue weighted by Crippen LogP contribution is 2.04. The first-order chi connectivity index (χ1) is 5.24. The summed E-state index contributed by atoms with van der Waals surface area (Å²) < 4.78 is 24.9. The second kappa shape index (κ2) is 3.39. The van der Waals surface area contributed by atoms with E-state index >= 15 is 0 Å². The van der Waals surface area contributed by atoms with E-state index in [2.05, 4.69) is 10.3 Å². The summed E-state index contributed by atoms with van der Waals surface area (Å²) in [5, 5.41) is 2.74. The van der Waals surface area contributed by atoms with Crippen molar-refractivity contribution >= 4 is 0 Å². The van der Waals surface area contributed by atoms with Gasteiger partial charge in [-0.1, -0.05) is 0 Å². The molecule has 11 heavy (non-hydrogen) atoms. The Morgan fingerprint density at radius 1 is 1.45 bits per heavy atom. The monoisotopic (exact) mass is 158 g/mol. The molecule has 0 aromatic carbocycles. The first kappa shape index (κ1) is 8.07. The summed E-state index contributed by atoms with van der Waals surface area (Å²) in [6, 6.07) is 2.50. The van der Waals surface area contributed by atoms with Crippen molar-refractivity contribution in [2.24, 2.45) is 0 Å². The van der Waals surface area contributed by atoms with Crippen LogP contribution in [0.2, 0.25) is 0 Å². The molecule has 0 fully saturated rings. The van der Waals surface area contributed by atoms with Gasteiger partial charge < -0.3 is 5.32 Å². The molecule has 0 aliphatic rings. The molecule has 1 aromatic heterocycles. The van der Waals surface area contributed by atoms with Crippen molar-refractivity contribution in [3.63, 3.8) is 0 Å². The van der Waals surface area contributed by atoms with E-state index in [1.54, 1.807) is 7.05 Å². The Kier molecular flexibility index (Phi) is 2.48. The van der Waals surface area contributed by atoms with Gasteiger partial charge in [0.1, 0.15) is 0 Å². The predicted octanol–water partition coefficient (Wildman–Crippen LogP) is 1.08. The molecule has 0 spiro atoms. The lowest BCUT2D eigenvalue weighted by molar-refractivity contribution is 0.499. The summed E-state index contributed by atoms with van der Waals surface area (Å²) in [7, 11) is 1.68. The summed E-state index contributed by atoms with van der Waals surface area (Å²) in [5.41, 5.74) is 0.369. The van der Waals surface area contributed by atoms with Crippen LogP contribution in [0.15, 0.2) is 12.1 Å². The minimum Gasteiger partial charge on any atom is -0.316 e. The number of halogens is 2. The number of aromatic nitrogens is 1. The topological polar surface area (TPSA) is 24.9 Å². The molecule has 0 aliphatic heterocycles. The Morgan fingerprint density at radius 3 is 2.73 bits per heavy atom. The van der Waals surface area contributed by atoms with E-state index in [-0.39, 0.29) is 0 Å². The zero-order valence-corrected chi connectivity index (χ0v) is 6.06. The highest BCUT2D eigenvalue weighted by Gasteiger charge is 2.02. The van der Waals surface area contributed by atoms with Crippen molar-refractivity contribution in [1.82, 2.24) is 10.3 Å². The van der Waals surface area contributed by atoms with E-state index in [1.807, 2.05) is 0 Å². The van der Waals surface area contributed by atoms with Gasteiger partial charge in [0, 0.05) is 12.1 Å². The number of rotatable bonds is 2. The van der Waals surface area contributed by atoms with Crippen molar-refractivity contribution in [3.8, 4) is 0 Å². The lowest BCUT2D eigenvalue weighted by Crippen LogP contribution is -2.08. The van der Waals surface area contributed by atoms with Crippen LogP contribution in [0.5, 0.6) is 0 Å². The maximum Gasteiger partial charge on any atom is 0.220 e. The largest absolute Gasteiger partial charge is 0.316 e. The van der Waals surface area contributed by atoms with Gasteiger partial charge in [0.2, 0.25) is 11.9 Å². The molecule has 4 heteroatoms. The fraction of sp³-hybridized carbons (Fsp3) is 0.286. The predicted molar refractivity (Wildman–Crippen MR) is 36.9 cm³/mol. The van der Waals surface area contributed by atoms with Crippen LogP contribution in [0, 0.1) is 11.9 Å². The van der Waals surface area contributed by atoms with Crippen molar-refractivity contribution in [2.45, 2.75) is 6.54 Å². The third kappa shape index (κ3) is 1.94.